The van der Waals surface area contributed by atoms with E-state index in [-0.39, 0.29) is 6.42 Å². The van der Waals surface area contributed by atoms with Gasteiger partial charge in [-0.3, -0.25) is 15.7 Å². The molecule has 0 saturated heterocycles. The molecule has 2 rings (SSSR count). The van der Waals surface area contributed by atoms with Crippen molar-refractivity contribution in [3.05, 3.63) is 23.5 Å². The van der Waals surface area contributed by atoms with Crippen molar-refractivity contribution >= 4 is 16.3 Å². The highest BCUT2D eigenvalue weighted by Gasteiger charge is 2.31. The van der Waals surface area contributed by atoms with Crippen LogP contribution in [0.1, 0.15) is 12.1 Å². The lowest BCUT2D eigenvalue weighted by atomic mass is 10.1. The highest BCUT2D eigenvalue weighted by Crippen LogP contribution is 2.23. The molecule has 0 spiro atoms. The molecule has 0 bridgehead atoms. The molecule has 2 aromatic heterocycles. The van der Waals surface area contributed by atoms with Gasteiger partial charge in [0.25, 0.3) is 0 Å². The van der Waals surface area contributed by atoms with Gasteiger partial charge in [-0.2, -0.15) is 13.2 Å². The number of aromatic nitrogens is 2. The molecule has 8 heteroatoms. The number of nitrogens with zero attached hydrogens (tertiary/aromatic N) is 2. The molecule has 0 radical (unpaired) electrons. The number of nitrogens with one attached hydrogen (secondary N) is 1. The van der Waals surface area contributed by atoms with E-state index in [0.717, 1.165) is 4.96 Å². The van der Waals surface area contributed by atoms with Gasteiger partial charge in [0, 0.05) is 30.2 Å². The van der Waals surface area contributed by atoms with E-state index >= 15 is 0 Å². The van der Waals surface area contributed by atoms with Crippen LogP contribution in [0.25, 0.3) is 4.96 Å². The molecule has 2 aromatic rings. The van der Waals surface area contributed by atoms with Crippen molar-refractivity contribution in [1.29, 1.82) is 0 Å². The average molecular weight is 264 g/mol. The Kier molecular flexibility index (Phi) is 3.36. The normalized spacial score (nSPS) is 14.4. The number of thiazole rings is 1. The summed E-state index contributed by atoms with van der Waals surface area (Å²) in [6.45, 7) is 0. The molecule has 3 N–H and O–H groups in total. The predicted octanol–water partition coefficient (Wildman–Crippen LogP) is 1.72. The zero-order valence-corrected chi connectivity index (χ0v) is 9.55. The second-order valence-corrected chi connectivity index (χ2v) is 4.59. The number of hydrogen-bond acceptors (Lipinski definition) is 4. The Morgan fingerprint density at radius 3 is 2.88 bits per heavy atom. The monoisotopic (exact) mass is 264 g/mol. The Morgan fingerprint density at radius 1 is 1.53 bits per heavy atom. The topological polar surface area (TPSA) is 55.3 Å². The fourth-order valence-electron chi connectivity index (χ4n) is 1.60. The smallest absolute Gasteiger partial charge is 0.297 e. The molecule has 0 aliphatic carbocycles. The third-order valence-corrected chi connectivity index (χ3v) is 3.08. The van der Waals surface area contributed by atoms with Crippen LogP contribution in [0.4, 0.5) is 13.2 Å². The largest absolute Gasteiger partial charge is 0.390 e. The molecule has 0 aliphatic rings. The lowest BCUT2D eigenvalue weighted by Gasteiger charge is -2.16. The van der Waals surface area contributed by atoms with Gasteiger partial charge in [0.2, 0.25) is 0 Å². The average Bonchev–Trinajstić information content (AvgIpc) is 2.74. The summed E-state index contributed by atoms with van der Waals surface area (Å²) in [5, 5.41) is 1.86. The van der Waals surface area contributed by atoms with Gasteiger partial charge >= 0.3 is 6.18 Å². The van der Waals surface area contributed by atoms with Gasteiger partial charge in [-0.25, -0.2) is 4.98 Å². The van der Waals surface area contributed by atoms with Gasteiger partial charge in [-0.15, -0.1) is 11.3 Å². The van der Waals surface area contributed by atoms with Crippen molar-refractivity contribution in [1.82, 2.24) is 14.8 Å². The quantitative estimate of drug-likeness (QED) is 0.653. The number of nitrogens with two attached hydrogens (primary N) is 1. The zero-order chi connectivity index (χ0) is 12.5. The summed E-state index contributed by atoms with van der Waals surface area (Å²) in [6, 6.07) is -0.848. The number of imidazole rings is 1. The van der Waals surface area contributed by atoms with E-state index in [9.17, 15) is 13.2 Å². The minimum absolute atomic E-state index is 0.157. The SMILES string of the molecule is NNC(Cc1cn2ccsc2n1)CC(F)(F)F. The second kappa shape index (κ2) is 4.63. The van der Waals surface area contributed by atoms with Gasteiger partial charge in [-0.1, -0.05) is 0 Å². The standard InChI is InChI=1S/C9H11F3N4S/c10-9(11,12)4-6(15-13)3-7-5-16-1-2-17-8(16)14-7/h1-2,5-6,15H,3-4,13H2. The van der Waals surface area contributed by atoms with Crippen LogP contribution in [-0.2, 0) is 6.42 Å². The van der Waals surface area contributed by atoms with Crippen molar-refractivity contribution < 1.29 is 13.2 Å². The van der Waals surface area contributed by atoms with Crippen LogP contribution in [0, 0.1) is 0 Å². The lowest BCUT2D eigenvalue weighted by molar-refractivity contribution is -0.140. The first kappa shape index (κ1) is 12.3. The first-order valence-corrected chi connectivity index (χ1v) is 5.80. The van der Waals surface area contributed by atoms with E-state index in [1.165, 1.54) is 11.3 Å². The van der Waals surface area contributed by atoms with Crippen molar-refractivity contribution in [2.24, 2.45) is 5.84 Å². The van der Waals surface area contributed by atoms with E-state index in [1.54, 1.807) is 10.6 Å². The molecule has 94 valence electrons. The van der Waals surface area contributed by atoms with E-state index < -0.39 is 18.6 Å². The molecule has 0 aliphatic heterocycles. The zero-order valence-electron chi connectivity index (χ0n) is 8.74. The van der Waals surface area contributed by atoms with E-state index in [1.807, 2.05) is 11.6 Å². The minimum atomic E-state index is -4.23. The first-order chi connectivity index (χ1) is 7.98. The summed E-state index contributed by atoms with van der Waals surface area (Å²) in [6.07, 6.45) is -1.51. The third kappa shape index (κ3) is 3.18. The number of alkyl halides is 3. The van der Waals surface area contributed by atoms with Crippen LogP contribution in [0.3, 0.4) is 0 Å². The molecule has 1 unspecified atom stereocenters. The van der Waals surface area contributed by atoms with E-state index in [2.05, 4.69) is 10.4 Å². The molecule has 17 heavy (non-hydrogen) atoms. The molecular weight excluding hydrogens is 253 g/mol. The summed E-state index contributed by atoms with van der Waals surface area (Å²) >= 11 is 1.43. The fourth-order valence-corrected chi connectivity index (χ4v) is 2.32. The third-order valence-electron chi connectivity index (χ3n) is 2.31. The first-order valence-electron chi connectivity index (χ1n) is 4.92. The van der Waals surface area contributed by atoms with Gasteiger partial charge in [0.05, 0.1) is 12.1 Å². The van der Waals surface area contributed by atoms with Crippen molar-refractivity contribution in [2.75, 3.05) is 0 Å². The van der Waals surface area contributed by atoms with E-state index in [4.69, 9.17) is 5.84 Å². The Hall–Kier alpha value is -1.12. The molecule has 0 amide bonds. The van der Waals surface area contributed by atoms with Crippen LogP contribution in [0.15, 0.2) is 17.8 Å². The summed E-state index contributed by atoms with van der Waals surface area (Å²) in [5.41, 5.74) is 2.78. The molecule has 0 aromatic carbocycles. The molecule has 0 fully saturated rings. The van der Waals surface area contributed by atoms with Gasteiger partial charge in [0.15, 0.2) is 4.96 Å². The van der Waals surface area contributed by atoms with Crippen LogP contribution in [0.5, 0.6) is 0 Å². The molecule has 1 atom stereocenters. The highest BCUT2D eigenvalue weighted by molar-refractivity contribution is 7.15. The van der Waals surface area contributed by atoms with Gasteiger partial charge in [-0.05, 0) is 0 Å². The lowest BCUT2D eigenvalue weighted by Crippen LogP contribution is -2.40. The Labute approximate surface area is 99.2 Å². The van der Waals surface area contributed by atoms with Crippen molar-refractivity contribution in [2.45, 2.75) is 25.1 Å². The van der Waals surface area contributed by atoms with E-state index in [0.29, 0.717) is 5.69 Å². The summed E-state index contributed by atoms with van der Waals surface area (Å²) in [4.78, 5) is 4.98. The molecule has 2 heterocycles. The maximum Gasteiger partial charge on any atom is 0.390 e. The van der Waals surface area contributed by atoms with Crippen molar-refractivity contribution in [3.8, 4) is 0 Å². The van der Waals surface area contributed by atoms with Crippen LogP contribution in [-0.4, -0.2) is 21.6 Å². The Balaban J connectivity index is 2.05. The van der Waals surface area contributed by atoms with Gasteiger partial charge in [0.1, 0.15) is 0 Å². The number of rotatable bonds is 4. The maximum absolute atomic E-state index is 12.2. The predicted molar refractivity (Wildman–Crippen MR) is 58.6 cm³/mol. The molecule has 0 saturated carbocycles. The Bertz CT molecular complexity index is 461. The fraction of sp³-hybridized carbons (Fsp3) is 0.444. The summed E-state index contributed by atoms with van der Waals surface area (Å²) in [7, 11) is 0. The van der Waals surface area contributed by atoms with Crippen LogP contribution in [0.2, 0.25) is 0 Å². The number of halogens is 3. The molecular formula is C9H11F3N4S. The Morgan fingerprint density at radius 2 is 2.29 bits per heavy atom. The number of hydrogen-bond donors (Lipinski definition) is 2. The number of hydrazine groups is 1. The summed E-state index contributed by atoms with van der Waals surface area (Å²) in [5.74, 6) is 5.12. The minimum Gasteiger partial charge on any atom is -0.297 e. The summed E-state index contributed by atoms with van der Waals surface area (Å²) < 4.78 is 38.4. The number of fused-ring (bicyclic) bond motifs is 1. The molecule has 4 nitrogen and oxygen atoms in total. The highest BCUT2D eigenvalue weighted by atomic mass is 32.1. The van der Waals surface area contributed by atoms with Crippen LogP contribution >= 0.6 is 11.3 Å². The van der Waals surface area contributed by atoms with Gasteiger partial charge < -0.3 is 0 Å². The van der Waals surface area contributed by atoms with Crippen LogP contribution < -0.4 is 11.3 Å². The second-order valence-electron chi connectivity index (χ2n) is 3.71. The van der Waals surface area contributed by atoms with Crippen molar-refractivity contribution in [3.63, 3.8) is 0 Å². The maximum atomic E-state index is 12.2.